The Balaban J connectivity index is 1.55. The van der Waals surface area contributed by atoms with Crippen LogP contribution in [0.4, 0.5) is 5.13 Å². The van der Waals surface area contributed by atoms with E-state index >= 15 is 0 Å². The van der Waals surface area contributed by atoms with Crippen molar-refractivity contribution in [2.75, 3.05) is 5.32 Å². The molecule has 9 heteroatoms. The van der Waals surface area contributed by atoms with E-state index in [4.69, 9.17) is 0 Å². The quantitative estimate of drug-likeness (QED) is 0.330. The van der Waals surface area contributed by atoms with Gasteiger partial charge in [0, 0.05) is 17.7 Å². The molecule has 2 aromatic carbocycles. The number of benzene rings is 2. The smallest absolute Gasteiger partial charge is 0.278 e. The number of hydrogen-bond donors (Lipinski definition) is 1. The summed E-state index contributed by atoms with van der Waals surface area (Å²) in [6, 6.07) is 17.1. The van der Waals surface area contributed by atoms with Gasteiger partial charge in [0.2, 0.25) is 5.13 Å². The van der Waals surface area contributed by atoms with Crippen LogP contribution < -0.4 is 10.9 Å². The van der Waals surface area contributed by atoms with E-state index in [-0.39, 0.29) is 17.2 Å². The fraction of sp³-hybridized carbons (Fsp3) is 0.227. The van der Waals surface area contributed by atoms with Crippen molar-refractivity contribution in [3.8, 4) is 0 Å². The molecule has 0 spiro atoms. The third kappa shape index (κ3) is 5.00. The lowest BCUT2D eigenvalue weighted by Gasteiger charge is -2.12. The molecule has 0 radical (unpaired) electrons. The van der Waals surface area contributed by atoms with E-state index in [0.717, 1.165) is 10.1 Å². The van der Waals surface area contributed by atoms with Crippen molar-refractivity contribution in [2.24, 2.45) is 5.92 Å². The molecule has 4 rings (SSSR count). The Morgan fingerprint density at radius 2 is 1.77 bits per heavy atom. The molecule has 7 nitrogen and oxygen atoms in total. The average Bonchev–Trinajstić information content (AvgIpc) is 3.22. The summed E-state index contributed by atoms with van der Waals surface area (Å²) in [7, 11) is 0. The van der Waals surface area contributed by atoms with Crippen LogP contribution in [-0.4, -0.2) is 25.9 Å². The molecule has 31 heavy (non-hydrogen) atoms. The topological polar surface area (TPSA) is 89.8 Å². The Morgan fingerprint density at radius 1 is 1.06 bits per heavy atom. The number of nitrogens with zero attached hydrogens (tertiary/aromatic N) is 4. The molecule has 0 aliphatic rings. The minimum Gasteiger partial charge on any atom is -0.295 e. The normalized spacial score (nSPS) is 11.2. The molecule has 0 fully saturated rings. The number of carbonyl (C=O) groups is 1. The van der Waals surface area contributed by atoms with Crippen molar-refractivity contribution in [1.82, 2.24) is 20.0 Å². The monoisotopic (exact) mass is 451 g/mol. The number of hydrogen-bond acceptors (Lipinski definition) is 7. The molecule has 158 valence electrons. The highest BCUT2D eigenvalue weighted by atomic mass is 32.2. The maximum absolute atomic E-state index is 13.0. The molecule has 0 saturated heterocycles. The largest absolute Gasteiger partial charge is 0.295 e. The summed E-state index contributed by atoms with van der Waals surface area (Å²) in [6.45, 7) is 4.43. The molecular weight excluding hydrogens is 430 g/mol. The van der Waals surface area contributed by atoms with E-state index in [2.05, 4.69) is 32.7 Å². The minimum atomic E-state index is -0.413. The van der Waals surface area contributed by atoms with Crippen molar-refractivity contribution in [1.29, 1.82) is 0 Å². The summed E-state index contributed by atoms with van der Waals surface area (Å²) in [4.78, 5) is 25.7. The van der Waals surface area contributed by atoms with E-state index < -0.39 is 5.91 Å². The van der Waals surface area contributed by atoms with Gasteiger partial charge in [-0.15, -0.1) is 10.2 Å². The van der Waals surface area contributed by atoms with Crippen molar-refractivity contribution in [3.05, 3.63) is 76.2 Å². The van der Waals surface area contributed by atoms with Gasteiger partial charge in [0.05, 0.1) is 5.39 Å². The van der Waals surface area contributed by atoms with Gasteiger partial charge in [-0.2, -0.15) is 5.10 Å². The molecular formula is C22H21N5O2S2. The van der Waals surface area contributed by atoms with Gasteiger partial charge in [-0.3, -0.25) is 14.9 Å². The second-order valence-corrected chi connectivity index (χ2v) is 9.58. The van der Waals surface area contributed by atoms with Crippen molar-refractivity contribution in [3.63, 3.8) is 0 Å². The van der Waals surface area contributed by atoms with Gasteiger partial charge in [-0.1, -0.05) is 85.5 Å². The van der Waals surface area contributed by atoms with Crippen LogP contribution in [0.15, 0.2) is 63.7 Å². The summed E-state index contributed by atoms with van der Waals surface area (Å²) < 4.78 is 2.13. The molecule has 2 aromatic heterocycles. The summed E-state index contributed by atoms with van der Waals surface area (Å²) in [5.41, 5.74) is 1.19. The number of anilines is 1. The summed E-state index contributed by atoms with van der Waals surface area (Å²) in [5, 5.41) is 16.8. The van der Waals surface area contributed by atoms with Gasteiger partial charge in [0.15, 0.2) is 10.0 Å². The summed E-state index contributed by atoms with van der Waals surface area (Å²) in [5.74, 6) is 0.578. The molecule has 0 aliphatic heterocycles. The fourth-order valence-electron chi connectivity index (χ4n) is 3.07. The zero-order valence-electron chi connectivity index (χ0n) is 17.1. The SMILES string of the molecule is CC(C)Cn1nc(C(=O)Nc2nnc(SCc3ccccc3)s2)c2ccccc2c1=O. The first-order valence-electron chi connectivity index (χ1n) is 9.82. The zero-order chi connectivity index (χ0) is 21.8. The number of fused-ring (bicyclic) bond motifs is 1. The average molecular weight is 452 g/mol. The number of thioether (sulfide) groups is 1. The number of nitrogens with one attached hydrogen (secondary N) is 1. The highest BCUT2D eigenvalue weighted by molar-refractivity contribution is 8.00. The summed E-state index contributed by atoms with van der Waals surface area (Å²) in [6.07, 6.45) is 0. The Bertz CT molecular complexity index is 1270. The molecule has 2 heterocycles. The first kappa shape index (κ1) is 21.2. The highest BCUT2D eigenvalue weighted by Gasteiger charge is 2.19. The van der Waals surface area contributed by atoms with E-state index in [1.165, 1.54) is 21.6 Å². The standard InChI is InChI=1S/C22H21N5O2S2/c1-14(2)12-27-20(29)17-11-7-6-10-16(17)18(26-27)19(28)23-21-24-25-22(31-21)30-13-15-8-4-3-5-9-15/h3-11,14H,12-13H2,1-2H3,(H,23,24,28). The van der Waals surface area contributed by atoms with Crippen LogP contribution in [0.1, 0.15) is 29.9 Å². The molecule has 0 atom stereocenters. The first-order valence-corrected chi connectivity index (χ1v) is 11.6. The Kier molecular flexibility index (Phi) is 6.43. The molecule has 0 saturated carbocycles. The second-order valence-electron chi connectivity index (χ2n) is 7.38. The Hall–Kier alpha value is -3.04. The van der Waals surface area contributed by atoms with Crippen LogP contribution in [0, 0.1) is 5.92 Å². The van der Waals surface area contributed by atoms with Crippen molar-refractivity contribution in [2.45, 2.75) is 30.5 Å². The predicted octanol–water partition coefficient (Wildman–Crippen LogP) is 4.45. The summed E-state index contributed by atoms with van der Waals surface area (Å²) >= 11 is 2.87. The molecule has 0 unspecified atom stereocenters. The molecule has 1 N–H and O–H groups in total. The third-order valence-corrected chi connectivity index (χ3v) is 6.50. The van der Waals surface area contributed by atoms with Crippen molar-refractivity contribution < 1.29 is 4.79 Å². The number of amides is 1. The van der Waals surface area contributed by atoms with Gasteiger partial charge < -0.3 is 0 Å². The second kappa shape index (κ2) is 9.40. The van der Waals surface area contributed by atoms with E-state index in [0.29, 0.717) is 22.4 Å². The van der Waals surface area contributed by atoms with E-state index in [9.17, 15) is 9.59 Å². The Labute approximate surface area is 187 Å². The molecule has 1 amide bonds. The van der Waals surface area contributed by atoms with Gasteiger partial charge in [0.25, 0.3) is 11.5 Å². The number of rotatable bonds is 7. The maximum Gasteiger partial charge on any atom is 0.278 e. The van der Waals surface area contributed by atoms with Gasteiger partial charge in [0.1, 0.15) is 0 Å². The highest BCUT2D eigenvalue weighted by Crippen LogP contribution is 2.28. The Morgan fingerprint density at radius 3 is 2.52 bits per heavy atom. The van der Waals surface area contributed by atoms with E-state index in [1.807, 2.05) is 32.0 Å². The maximum atomic E-state index is 13.0. The van der Waals surface area contributed by atoms with Gasteiger partial charge in [-0.05, 0) is 17.5 Å². The van der Waals surface area contributed by atoms with E-state index in [1.54, 1.807) is 36.0 Å². The lowest BCUT2D eigenvalue weighted by molar-refractivity contribution is 0.102. The van der Waals surface area contributed by atoms with Crippen LogP contribution >= 0.6 is 23.1 Å². The van der Waals surface area contributed by atoms with Crippen LogP contribution in [0.2, 0.25) is 0 Å². The molecule has 4 aromatic rings. The minimum absolute atomic E-state index is 0.198. The lowest BCUT2D eigenvalue weighted by atomic mass is 10.1. The number of carbonyl (C=O) groups excluding carboxylic acids is 1. The molecule has 0 aliphatic carbocycles. The molecule has 0 bridgehead atoms. The zero-order valence-corrected chi connectivity index (χ0v) is 18.7. The van der Waals surface area contributed by atoms with Gasteiger partial charge >= 0.3 is 0 Å². The van der Waals surface area contributed by atoms with Crippen LogP contribution in [0.5, 0.6) is 0 Å². The fourth-order valence-corrected chi connectivity index (χ4v) is 4.77. The predicted molar refractivity (Wildman–Crippen MR) is 125 cm³/mol. The van der Waals surface area contributed by atoms with Crippen LogP contribution in [0.25, 0.3) is 10.8 Å². The van der Waals surface area contributed by atoms with Gasteiger partial charge in [-0.25, -0.2) is 4.68 Å². The first-order chi connectivity index (χ1) is 15.0. The number of aromatic nitrogens is 4. The van der Waals surface area contributed by atoms with Crippen LogP contribution in [0.3, 0.4) is 0 Å². The van der Waals surface area contributed by atoms with Crippen molar-refractivity contribution >= 4 is 44.9 Å². The third-order valence-electron chi connectivity index (χ3n) is 4.45. The van der Waals surface area contributed by atoms with Crippen LogP contribution in [-0.2, 0) is 12.3 Å². The lowest BCUT2D eigenvalue weighted by Crippen LogP contribution is -2.29.